The van der Waals surface area contributed by atoms with Gasteiger partial charge in [-0.1, -0.05) is 60.7 Å². The van der Waals surface area contributed by atoms with Crippen LogP contribution in [0.5, 0.6) is 0 Å². The molecular weight excluding hydrogens is 299 g/mol. The molecule has 0 spiro atoms. The Morgan fingerprint density at radius 1 is 0.643 bits per heavy atom. The molecule has 14 heavy (non-hydrogen) atoms. The highest BCUT2D eigenvalue weighted by Gasteiger charge is 2.11. The van der Waals surface area contributed by atoms with E-state index >= 15 is 0 Å². The Labute approximate surface area is 98.8 Å². The first kappa shape index (κ1) is 9.92. The van der Waals surface area contributed by atoms with Crippen molar-refractivity contribution in [3.05, 3.63) is 60.7 Å². The lowest BCUT2D eigenvalue weighted by Crippen LogP contribution is -2.36. The van der Waals surface area contributed by atoms with Crippen LogP contribution < -0.4 is 10.4 Å². The minimum Gasteiger partial charge on any atom is -0.108 e. The van der Waals surface area contributed by atoms with E-state index in [0.717, 1.165) is 0 Å². The topological polar surface area (TPSA) is 0 Å². The average Bonchev–Trinajstić information content (AvgIpc) is 2.30. The molecule has 0 aromatic heterocycles. The molecule has 0 unspecified atom stereocenters. The van der Waals surface area contributed by atoms with Crippen LogP contribution in [0.15, 0.2) is 60.7 Å². The van der Waals surface area contributed by atoms with Gasteiger partial charge in [-0.05, 0) is 10.4 Å². The summed E-state index contributed by atoms with van der Waals surface area (Å²) in [7, 11) is 0. The van der Waals surface area contributed by atoms with Crippen LogP contribution in [0.2, 0.25) is 0 Å². The Balaban J connectivity index is 2.30. The van der Waals surface area contributed by atoms with Crippen LogP contribution in [0.4, 0.5) is 0 Å². The highest BCUT2D eigenvalue weighted by molar-refractivity contribution is 14.1. The molecule has 69 valence electrons. The molecule has 0 saturated heterocycles. The van der Waals surface area contributed by atoms with Gasteiger partial charge in [0.25, 0.3) is 0 Å². The second kappa shape index (κ2) is 4.75. The van der Waals surface area contributed by atoms with Gasteiger partial charge in [0.05, 0.1) is 0 Å². The summed E-state index contributed by atoms with van der Waals surface area (Å²) in [6.07, 6.45) is -0.575. The van der Waals surface area contributed by atoms with Gasteiger partial charge in [-0.2, -0.15) is 0 Å². The first-order chi connectivity index (χ1) is 6.88. The van der Waals surface area contributed by atoms with Gasteiger partial charge in [-0.3, -0.25) is 0 Å². The maximum Gasteiger partial charge on any atom is 0.198 e. The third-order valence-electron chi connectivity index (χ3n) is 2.05. The van der Waals surface area contributed by atoms with E-state index in [0.29, 0.717) is 0 Å². The predicted octanol–water partition coefficient (Wildman–Crippen LogP) is 2.23. The maximum atomic E-state index is 2.58. The Morgan fingerprint density at radius 3 is 1.36 bits per heavy atom. The molecule has 0 aliphatic carbocycles. The maximum absolute atomic E-state index is 2.58. The second-order valence-corrected chi connectivity index (χ2v) is 8.06. The molecule has 0 fully saturated rings. The number of hydrogen-bond donors (Lipinski definition) is 0. The minimum absolute atomic E-state index is 0.575. The molecule has 2 aromatic carbocycles. The predicted molar refractivity (Wildman–Crippen MR) is 71.9 cm³/mol. The van der Waals surface area contributed by atoms with Crippen LogP contribution in [0.25, 0.3) is 0 Å². The molecule has 2 aromatic rings. The highest BCUT2D eigenvalue weighted by atomic mass is 127. The van der Waals surface area contributed by atoms with Crippen molar-refractivity contribution < 1.29 is 0 Å². The SMILES string of the molecule is I[Si](c1ccccc1)c1ccccc1. The molecule has 0 saturated carbocycles. The molecule has 0 aliphatic rings. The van der Waals surface area contributed by atoms with Crippen molar-refractivity contribution in [3.63, 3.8) is 0 Å². The van der Waals surface area contributed by atoms with Gasteiger partial charge >= 0.3 is 0 Å². The van der Waals surface area contributed by atoms with Crippen LogP contribution >= 0.6 is 21.8 Å². The van der Waals surface area contributed by atoms with Gasteiger partial charge < -0.3 is 0 Å². The fraction of sp³-hybridized carbons (Fsp3) is 0. The third-order valence-corrected chi connectivity index (χ3v) is 7.47. The van der Waals surface area contributed by atoms with Crippen LogP contribution in [0, 0.1) is 0 Å². The van der Waals surface area contributed by atoms with Crippen LogP contribution in [0.1, 0.15) is 0 Å². The largest absolute Gasteiger partial charge is 0.198 e. The molecule has 0 atom stereocenters. The van der Waals surface area contributed by atoms with E-state index in [4.69, 9.17) is 0 Å². The Morgan fingerprint density at radius 2 is 1.00 bits per heavy atom. The highest BCUT2D eigenvalue weighted by Crippen LogP contribution is 1.98. The molecule has 0 heterocycles. The van der Waals surface area contributed by atoms with Crippen molar-refractivity contribution in [2.75, 3.05) is 0 Å². The quantitative estimate of drug-likeness (QED) is 0.453. The van der Waals surface area contributed by atoms with Gasteiger partial charge in [-0.15, -0.1) is 21.8 Å². The van der Waals surface area contributed by atoms with Crippen LogP contribution in [-0.2, 0) is 0 Å². The van der Waals surface area contributed by atoms with Gasteiger partial charge in [-0.25, -0.2) is 0 Å². The van der Waals surface area contributed by atoms with Gasteiger partial charge in [0.2, 0.25) is 0 Å². The van der Waals surface area contributed by atoms with Crippen molar-refractivity contribution >= 4 is 38.5 Å². The fourth-order valence-corrected chi connectivity index (χ4v) is 4.80. The van der Waals surface area contributed by atoms with Gasteiger partial charge in [0, 0.05) is 0 Å². The molecule has 0 nitrogen and oxygen atoms in total. The number of rotatable bonds is 2. The first-order valence-electron chi connectivity index (χ1n) is 4.51. The fourth-order valence-electron chi connectivity index (χ4n) is 1.34. The Hall–Kier alpha value is -0.613. The Bertz CT molecular complexity index is 346. The number of halogens is 1. The third kappa shape index (κ3) is 2.25. The summed E-state index contributed by atoms with van der Waals surface area (Å²) in [4.78, 5) is 0. The zero-order valence-electron chi connectivity index (χ0n) is 7.65. The summed E-state index contributed by atoms with van der Waals surface area (Å²) in [6, 6.07) is 21.5. The Kier molecular flexibility index (Phi) is 3.37. The molecule has 0 amide bonds. The molecule has 0 bridgehead atoms. The lowest BCUT2D eigenvalue weighted by Gasteiger charge is -2.07. The van der Waals surface area contributed by atoms with E-state index in [1.165, 1.54) is 10.4 Å². The van der Waals surface area contributed by atoms with E-state index < -0.39 is 6.29 Å². The molecule has 1 radical (unpaired) electrons. The summed E-state index contributed by atoms with van der Waals surface area (Å²) in [5.41, 5.74) is 0. The van der Waals surface area contributed by atoms with Crippen molar-refractivity contribution in [3.8, 4) is 0 Å². The van der Waals surface area contributed by atoms with E-state index in [9.17, 15) is 0 Å². The second-order valence-electron chi connectivity index (χ2n) is 3.05. The molecular formula is C12H10ISi. The summed E-state index contributed by atoms with van der Waals surface area (Å²) in [6.45, 7) is 0. The lowest BCUT2D eigenvalue weighted by molar-refractivity contribution is 1.75. The standard InChI is InChI=1S/C12H10ISi/c13-14(11-7-3-1-4-8-11)12-9-5-2-6-10-12/h1-10H. The number of hydrogen-bond acceptors (Lipinski definition) is 0. The zero-order valence-corrected chi connectivity index (χ0v) is 10.8. The molecule has 0 N–H and O–H groups in total. The average molecular weight is 309 g/mol. The monoisotopic (exact) mass is 309 g/mol. The van der Waals surface area contributed by atoms with Crippen molar-refractivity contribution in [2.45, 2.75) is 0 Å². The van der Waals surface area contributed by atoms with Gasteiger partial charge in [0.15, 0.2) is 6.29 Å². The minimum atomic E-state index is -0.575. The zero-order chi connectivity index (χ0) is 9.80. The normalized spacial score (nSPS) is 10.4. The summed E-state index contributed by atoms with van der Waals surface area (Å²) in [5.74, 6) is 0. The summed E-state index contributed by atoms with van der Waals surface area (Å²) in [5, 5.41) is 2.92. The molecule has 2 heteroatoms. The van der Waals surface area contributed by atoms with Gasteiger partial charge in [0.1, 0.15) is 0 Å². The van der Waals surface area contributed by atoms with Crippen molar-refractivity contribution in [1.82, 2.24) is 0 Å². The van der Waals surface area contributed by atoms with Crippen LogP contribution in [-0.4, -0.2) is 6.29 Å². The van der Waals surface area contributed by atoms with Crippen LogP contribution in [0.3, 0.4) is 0 Å². The van der Waals surface area contributed by atoms with E-state index in [1.807, 2.05) is 0 Å². The molecule has 2 rings (SSSR count). The van der Waals surface area contributed by atoms with Crippen molar-refractivity contribution in [2.24, 2.45) is 0 Å². The van der Waals surface area contributed by atoms with E-state index in [2.05, 4.69) is 82.5 Å². The summed E-state index contributed by atoms with van der Waals surface area (Å²) >= 11 is 2.58. The summed E-state index contributed by atoms with van der Waals surface area (Å²) < 4.78 is 0. The smallest absolute Gasteiger partial charge is 0.108 e. The molecule has 0 aliphatic heterocycles. The number of benzene rings is 2. The van der Waals surface area contributed by atoms with Crippen molar-refractivity contribution in [1.29, 1.82) is 0 Å². The first-order valence-corrected chi connectivity index (χ1v) is 9.12. The van der Waals surface area contributed by atoms with E-state index in [1.54, 1.807) is 0 Å². The van der Waals surface area contributed by atoms with E-state index in [-0.39, 0.29) is 0 Å². The lowest BCUT2D eigenvalue weighted by atomic mass is 10.4.